The Morgan fingerprint density at radius 1 is 1.07 bits per heavy atom. The van der Waals surface area contributed by atoms with E-state index in [0.717, 1.165) is 35.9 Å². The van der Waals surface area contributed by atoms with Gasteiger partial charge in [0.2, 0.25) is 5.91 Å². The molecule has 29 heavy (non-hydrogen) atoms. The van der Waals surface area contributed by atoms with Crippen LogP contribution >= 0.6 is 0 Å². The van der Waals surface area contributed by atoms with E-state index in [1.54, 1.807) is 20.1 Å². The SMILES string of the molecule is CCOC(=O)c1cc(C)n(CC(=O)N2CCN(c3ccccc3OC)CC2)c1C. The lowest BCUT2D eigenvalue weighted by molar-refractivity contribution is -0.132. The number of hydrogen-bond donors (Lipinski definition) is 0. The molecule has 0 unspecified atom stereocenters. The molecule has 7 heteroatoms. The molecule has 1 amide bonds. The van der Waals surface area contributed by atoms with Crippen molar-refractivity contribution in [2.24, 2.45) is 0 Å². The molecule has 2 aromatic rings. The third kappa shape index (κ3) is 4.39. The average Bonchev–Trinajstić information content (AvgIpc) is 3.02. The predicted octanol–water partition coefficient (Wildman–Crippen LogP) is 2.64. The zero-order valence-corrected chi connectivity index (χ0v) is 17.6. The van der Waals surface area contributed by atoms with Crippen LogP contribution in [0.15, 0.2) is 30.3 Å². The van der Waals surface area contributed by atoms with Gasteiger partial charge in [0.15, 0.2) is 0 Å². The monoisotopic (exact) mass is 399 g/mol. The third-order valence-electron chi connectivity index (χ3n) is 5.42. The summed E-state index contributed by atoms with van der Waals surface area (Å²) in [5, 5.41) is 0. The molecule has 0 saturated carbocycles. The Balaban J connectivity index is 1.64. The van der Waals surface area contributed by atoms with Crippen molar-refractivity contribution in [3.05, 3.63) is 47.3 Å². The van der Waals surface area contributed by atoms with Gasteiger partial charge in [0.1, 0.15) is 12.3 Å². The van der Waals surface area contributed by atoms with Gasteiger partial charge in [-0.2, -0.15) is 0 Å². The van der Waals surface area contributed by atoms with Gasteiger partial charge in [-0.15, -0.1) is 0 Å². The number of anilines is 1. The number of aryl methyl sites for hydroxylation is 1. The largest absolute Gasteiger partial charge is 0.495 e. The van der Waals surface area contributed by atoms with Crippen molar-refractivity contribution >= 4 is 17.6 Å². The maximum Gasteiger partial charge on any atom is 0.339 e. The second kappa shape index (κ2) is 9.03. The Morgan fingerprint density at radius 2 is 1.76 bits per heavy atom. The first-order valence-electron chi connectivity index (χ1n) is 9.95. The second-order valence-electron chi connectivity index (χ2n) is 7.13. The first-order valence-corrected chi connectivity index (χ1v) is 9.95. The molecule has 1 aromatic carbocycles. The van der Waals surface area contributed by atoms with Gasteiger partial charge in [0.05, 0.1) is 25.0 Å². The molecule has 1 aliphatic rings. The van der Waals surface area contributed by atoms with Crippen molar-refractivity contribution in [3.8, 4) is 5.75 Å². The van der Waals surface area contributed by atoms with Crippen LogP contribution in [0.1, 0.15) is 28.7 Å². The van der Waals surface area contributed by atoms with Crippen molar-refractivity contribution in [2.45, 2.75) is 27.3 Å². The number of hydrogen-bond acceptors (Lipinski definition) is 5. The fourth-order valence-electron chi connectivity index (χ4n) is 3.78. The zero-order valence-electron chi connectivity index (χ0n) is 17.6. The third-order valence-corrected chi connectivity index (χ3v) is 5.42. The van der Waals surface area contributed by atoms with E-state index in [0.29, 0.717) is 25.3 Å². The van der Waals surface area contributed by atoms with Crippen molar-refractivity contribution in [3.63, 3.8) is 0 Å². The number of aromatic nitrogens is 1. The molecule has 7 nitrogen and oxygen atoms in total. The summed E-state index contributed by atoms with van der Waals surface area (Å²) in [4.78, 5) is 29.1. The van der Waals surface area contributed by atoms with Crippen LogP contribution < -0.4 is 9.64 Å². The fraction of sp³-hybridized carbons (Fsp3) is 0.455. The Kier molecular flexibility index (Phi) is 6.46. The van der Waals surface area contributed by atoms with E-state index in [1.165, 1.54) is 0 Å². The number of benzene rings is 1. The summed E-state index contributed by atoms with van der Waals surface area (Å²) in [5.41, 5.74) is 3.23. The van der Waals surface area contributed by atoms with E-state index in [-0.39, 0.29) is 18.4 Å². The van der Waals surface area contributed by atoms with Gasteiger partial charge in [-0.3, -0.25) is 4.79 Å². The predicted molar refractivity (Wildman–Crippen MR) is 112 cm³/mol. The van der Waals surface area contributed by atoms with E-state index in [2.05, 4.69) is 4.90 Å². The molecule has 0 spiro atoms. The molecule has 0 atom stereocenters. The molecule has 1 aromatic heterocycles. The molecule has 1 fully saturated rings. The molecule has 3 rings (SSSR count). The van der Waals surface area contributed by atoms with Crippen molar-refractivity contribution in [1.82, 2.24) is 9.47 Å². The number of rotatable bonds is 6. The number of piperazine rings is 1. The molecule has 0 aliphatic carbocycles. The van der Waals surface area contributed by atoms with Crippen LogP contribution in [-0.2, 0) is 16.1 Å². The van der Waals surface area contributed by atoms with E-state index >= 15 is 0 Å². The van der Waals surface area contributed by atoms with E-state index < -0.39 is 0 Å². The van der Waals surface area contributed by atoms with Crippen LogP contribution in [0.5, 0.6) is 5.75 Å². The highest BCUT2D eigenvalue weighted by atomic mass is 16.5. The lowest BCUT2D eigenvalue weighted by Crippen LogP contribution is -2.49. The van der Waals surface area contributed by atoms with Crippen LogP contribution in [0.2, 0.25) is 0 Å². The van der Waals surface area contributed by atoms with Gasteiger partial charge in [-0.05, 0) is 39.0 Å². The van der Waals surface area contributed by atoms with Crippen molar-refractivity contribution < 1.29 is 19.1 Å². The standard InChI is InChI=1S/C22H29N3O4/c1-5-29-22(27)18-14-16(2)25(17(18)3)15-21(26)24-12-10-23(11-13-24)19-8-6-7-9-20(19)28-4/h6-9,14H,5,10-13,15H2,1-4H3. The topological polar surface area (TPSA) is 64.0 Å². The molecule has 0 N–H and O–H groups in total. The molecule has 0 bridgehead atoms. The summed E-state index contributed by atoms with van der Waals surface area (Å²) in [7, 11) is 1.67. The first-order chi connectivity index (χ1) is 14.0. The number of amides is 1. The Bertz CT molecular complexity index is 882. The first kappa shape index (κ1) is 20.8. The number of ether oxygens (including phenoxy) is 2. The zero-order chi connectivity index (χ0) is 21.0. The summed E-state index contributed by atoms with van der Waals surface area (Å²) >= 11 is 0. The Morgan fingerprint density at radius 3 is 2.41 bits per heavy atom. The maximum atomic E-state index is 12.9. The van der Waals surface area contributed by atoms with Gasteiger partial charge < -0.3 is 23.8 Å². The van der Waals surface area contributed by atoms with Crippen molar-refractivity contribution in [1.29, 1.82) is 0 Å². The summed E-state index contributed by atoms with van der Waals surface area (Å²) in [6.45, 7) is 8.92. The number of methoxy groups -OCH3 is 1. The van der Waals surface area contributed by atoms with Gasteiger partial charge in [-0.25, -0.2) is 4.79 Å². The normalized spacial score (nSPS) is 14.1. The average molecular weight is 399 g/mol. The molecule has 156 valence electrons. The van der Waals surface area contributed by atoms with Gasteiger partial charge >= 0.3 is 5.97 Å². The van der Waals surface area contributed by atoms with Gasteiger partial charge in [-0.1, -0.05) is 12.1 Å². The molecular formula is C22H29N3O4. The summed E-state index contributed by atoms with van der Waals surface area (Å²) in [5.74, 6) is 0.559. The van der Waals surface area contributed by atoms with Crippen LogP contribution in [0.25, 0.3) is 0 Å². The Labute approximate surface area is 171 Å². The fourth-order valence-corrected chi connectivity index (χ4v) is 3.78. The van der Waals surface area contributed by atoms with Gasteiger partial charge in [0, 0.05) is 37.6 Å². The van der Waals surface area contributed by atoms with E-state index in [1.807, 2.05) is 47.6 Å². The summed E-state index contributed by atoms with van der Waals surface area (Å²) in [6, 6.07) is 9.73. The molecule has 1 saturated heterocycles. The van der Waals surface area contributed by atoms with Crippen molar-refractivity contribution in [2.75, 3.05) is 44.8 Å². The lowest BCUT2D eigenvalue weighted by Gasteiger charge is -2.36. The number of esters is 1. The molecular weight excluding hydrogens is 370 g/mol. The number of para-hydroxylation sites is 2. The summed E-state index contributed by atoms with van der Waals surface area (Å²) in [6.07, 6.45) is 0. The smallest absolute Gasteiger partial charge is 0.339 e. The number of nitrogens with zero attached hydrogens (tertiary/aromatic N) is 3. The highest BCUT2D eigenvalue weighted by Crippen LogP contribution is 2.28. The highest BCUT2D eigenvalue weighted by molar-refractivity contribution is 5.91. The summed E-state index contributed by atoms with van der Waals surface area (Å²) < 4.78 is 12.5. The lowest BCUT2D eigenvalue weighted by atomic mass is 10.2. The quantitative estimate of drug-likeness (QED) is 0.699. The van der Waals surface area contributed by atoms with Gasteiger partial charge in [0.25, 0.3) is 0 Å². The van der Waals surface area contributed by atoms with Crippen LogP contribution in [0.4, 0.5) is 5.69 Å². The minimum absolute atomic E-state index is 0.0573. The van der Waals surface area contributed by atoms with Crippen LogP contribution in [0.3, 0.4) is 0 Å². The molecule has 1 aliphatic heterocycles. The maximum absolute atomic E-state index is 12.9. The van der Waals surface area contributed by atoms with E-state index in [9.17, 15) is 9.59 Å². The van der Waals surface area contributed by atoms with Crippen LogP contribution in [0, 0.1) is 13.8 Å². The highest BCUT2D eigenvalue weighted by Gasteiger charge is 2.24. The molecule has 2 heterocycles. The number of carbonyl (C=O) groups is 2. The minimum atomic E-state index is -0.343. The Hall–Kier alpha value is -2.96. The second-order valence-corrected chi connectivity index (χ2v) is 7.13. The van der Waals surface area contributed by atoms with E-state index in [4.69, 9.17) is 9.47 Å². The van der Waals surface area contributed by atoms with Crippen LogP contribution in [-0.4, -0.2) is 61.2 Å². The number of carbonyl (C=O) groups excluding carboxylic acids is 2. The molecule has 0 radical (unpaired) electrons. The minimum Gasteiger partial charge on any atom is -0.495 e.